The van der Waals surface area contributed by atoms with E-state index in [-0.39, 0.29) is 5.92 Å². The van der Waals surface area contributed by atoms with Gasteiger partial charge in [-0.2, -0.15) is 0 Å². The van der Waals surface area contributed by atoms with Crippen molar-refractivity contribution in [2.75, 3.05) is 0 Å². The minimum Gasteiger partial charge on any atom is -0.0622 e. The topological polar surface area (TPSA) is 0 Å². The average Bonchev–Trinajstić information content (AvgIpc) is 3.32. The number of benzene rings is 7. The van der Waals surface area contributed by atoms with Crippen LogP contribution in [-0.4, -0.2) is 0 Å². The van der Waals surface area contributed by atoms with Gasteiger partial charge in [0.2, 0.25) is 0 Å². The van der Waals surface area contributed by atoms with Crippen molar-refractivity contribution in [3.8, 4) is 22.3 Å². The Morgan fingerprint density at radius 3 is 1.62 bits per heavy atom. The highest BCUT2D eigenvalue weighted by Crippen LogP contribution is 2.51. The zero-order valence-electron chi connectivity index (χ0n) is 20.4. The first-order chi connectivity index (χ1) is 18.4. The van der Waals surface area contributed by atoms with Gasteiger partial charge in [-0.1, -0.05) is 133 Å². The fourth-order valence-corrected chi connectivity index (χ4v) is 6.58. The van der Waals surface area contributed by atoms with Crippen LogP contribution < -0.4 is 0 Å². The fourth-order valence-electron chi connectivity index (χ4n) is 6.58. The third-order valence-electron chi connectivity index (χ3n) is 8.14. The molecule has 7 aromatic carbocycles. The van der Waals surface area contributed by atoms with Crippen LogP contribution >= 0.6 is 0 Å². The molecule has 0 spiro atoms. The Labute approximate surface area is 216 Å². The van der Waals surface area contributed by atoms with Crippen molar-refractivity contribution < 1.29 is 0 Å². The molecule has 1 unspecified atom stereocenters. The number of rotatable bonds is 2. The van der Waals surface area contributed by atoms with E-state index in [9.17, 15) is 0 Å². The summed E-state index contributed by atoms with van der Waals surface area (Å²) in [6, 6.07) is 51.4. The van der Waals surface area contributed by atoms with Gasteiger partial charge in [-0.25, -0.2) is 0 Å². The van der Waals surface area contributed by atoms with Gasteiger partial charge in [-0.15, -0.1) is 0 Å². The van der Waals surface area contributed by atoms with Gasteiger partial charge < -0.3 is 0 Å². The molecule has 0 radical (unpaired) electrons. The SMILES string of the molecule is c1ccc(C2c3ccccc3-c3c(-c4ccc5c6ccccc6c6ccccc6c5c4)cccc32)cc1. The monoisotopic (exact) mass is 468 g/mol. The molecule has 0 saturated carbocycles. The summed E-state index contributed by atoms with van der Waals surface area (Å²) in [5.74, 6) is 0.262. The third kappa shape index (κ3) is 2.96. The second kappa shape index (κ2) is 7.91. The van der Waals surface area contributed by atoms with Crippen LogP contribution in [0.25, 0.3) is 54.6 Å². The first kappa shape index (κ1) is 20.5. The van der Waals surface area contributed by atoms with Gasteiger partial charge >= 0.3 is 0 Å². The maximum absolute atomic E-state index is 2.41. The van der Waals surface area contributed by atoms with E-state index < -0.39 is 0 Å². The predicted octanol–water partition coefficient (Wildman–Crippen LogP) is 9.97. The van der Waals surface area contributed by atoms with Gasteiger partial charge in [0.15, 0.2) is 0 Å². The summed E-state index contributed by atoms with van der Waals surface area (Å²) in [5.41, 5.74) is 9.45. The van der Waals surface area contributed by atoms with Crippen LogP contribution in [0.1, 0.15) is 22.6 Å². The predicted molar refractivity (Wildman–Crippen MR) is 157 cm³/mol. The standard InChI is InChI=1S/C37H24/c1-2-11-24(12-3-1)36-32-17-8-9-18-33(32)37-26(19-10-20-34(36)37)25-21-22-31-29-15-5-4-13-27(29)28-14-6-7-16-30(28)35(31)23-25/h1-23,36H. The highest BCUT2D eigenvalue weighted by Gasteiger charge is 2.31. The lowest BCUT2D eigenvalue weighted by Gasteiger charge is -2.16. The zero-order chi connectivity index (χ0) is 24.3. The van der Waals surface area contributed by atoms with Gasteiger partial charge in [0.05, 0.1) is 0 Å². The number of hydrogen-bond donors (Lipinski definition) is 0. The van der Waals surface area contributed by atoms with E-state index >= 15 is 0 Å². The van der Waals surface area contributed by atoms with Gasteiger partial charge in [0.25, 0.3) is 0 Å². The highest BCUT2D eigenvalue weighted by atomic mass is 14.3. The maximum atomic E-state index is 2.41. The second-order valence-corrected chi connectivity index (χ2v) is 10.1. The van der Waals surface area contributed by atoms with Crippen molar-refractivity contribution in [3.05, 3.63) is 156 Å². The van der Waals surface area contributed by atoms with Crippen molar-refractivity contribution >= 4 is 32.3 Å². The van der Waals surface area contributed by atoms with Crippen LogP contribution in [0.3, 0.4) is 0 Å². The van der Waals surface area contributed by atoms with E-state index in [0.717, 1.165) is 0 Å². The first-order valence-electron chi connectivity index (χ1n) is 13.0. The Bertz CT molecular complexity index is 1940. The van der Waals surface area contributed by atoms with E-state index in [1.54, 1.807) is 0 Å². The Kier molecular flexibility index (Phi) is 4.39. The van der Waals surface area contributed by atoms with Crippen molar-refractivity contribution in [2.45, 2.75) is 5.92 Å². The Balaban J connectivity index is 1.42. The van der Waals surface area contributed by atoms with Gasteiger partial charge in [-0.05, 0) is 77.3 Å². The molecular formula is C37H24. The normalized spacial score (nSPS) is 14.2. The molecule has 1 atom stereocenters. The first-order valence-corrected chi connectivity index (χ1v) is 13.0. The molecule has 0 heterocycles. The van der Waals surface area contributed by atoms with E-state index in [2.05, 4.69) is 140 Å². The molecule has 0 nitrogen and oxygen atoms in total. The molecule has 8 rings (SSSR count). The molecule has 7 aromatic rings. The summed E-state index contributed by atoms with van der Waals surface area (Å²) in [6.45, 7) is 0. The van der Waals surface area contributed by atoms with E-state index in [1.807, 2.05) is 0 Å². The zero-order valence-corrected chi connectivity index (χ0v) is 20.4. The van der Waals surface area contributed by atoms with Crippen molar-refractivity contribution in [2.24, 2.45) is 0 Å². The molecule has 0 aliphatic heterocycles. The van der Waals surface area contributed by atoms with E-state index in [4.69, 9.17) is 0 Å². The van der Waals surface area contributed by atoms with Crippen LogP contribution in [-0.2, 0) is 0 Å². The third-order valence-corrected chi connectivity index (χ3v) is 8.14. The quantitative estimate of drug-likeness (QED) is 0.221. The van der Waals surface area contributed by atoms with E-state index in [0.29, 0.717) is 0 Å². The van der Waals surface area contributed by atoms with Crippen molar-refractivity contribution in [1.82, 2.24) is 0 Å². The van der Waals surface area contributed by atoms with Crippen LogP contribution in [0.4, 0.5) is 0 Å². The summed E-state index contributed by atoms with van der Waals surface area (Å²) >= 11 is 0. The minimum absolute atomic E-state index is 0.262. The van der Waals surface area contributed by atoms with Gasteiger partial charge in [-0.3, -0.25) is 0 Å². The fraction of sp³-hybridized carbons (Fsp3) is 0.0270. The Morgan fingerprint density at radius 1 is 0.351 bits per heavy atom. The average molecular weight is 469 g/mol. The molecule has 172 valence electrons. The smallest absolute Gasteiger partial charge is 0.0352 e. The minimum atomic E-state index is 0.262. The summed E-state index contributed by atoms with van der Waals surface area (Å²) in [7, 11) is 0. The van der Waals surface area contributed by atoms with Gasteiger partial charge in [0.1, 0.15) is 0 Å². The van der Waals surface area contributed by atoms with Crippen LogP contribution in [0.15, 0.2) is 140 Å². The van der Waals surface area contributed by atoms with E-state index in [1.165, 1.54) is 71.3 Å². The lowest BCUT2D eigenvalue weighted by atomic mass is 9.87. The molecule has 0 amide bonds. The molecule has 0 aromatic heterocycles. The van der Waals surface area contributed by atoms with Crippen LogP contribution in [0.5, 0.6) is 0 Å². The van der Waals surface area contributed by atoms with Crippen molar-refractivity contribution in [3.63, 3.8) is 0 Å². The van der Waals surface area contributed by atoms with Gasteiger partial charge in [0, 0.05) is 5.92 Å². The maximum Gasteiger partial charge on any atom is 0.0352 e. The number of hydrogen-bond acceptors (Lipinski definition) is 0. The Hall–Kier alpha value is -4.68. The molecule has 1 aliphatic carbocycles. The molecule has 0 heteroatoms. The molecule has 0 fully saturated rings. The molecule has 0 N–H and O–H groups in total. The number of fused-ring (bicyclic) bond motifs is 9. The van der Waals surface area contributed by atoms with Crippen LogP contribution in [0.2, 0.25) is 0 Å². The molecule has 1 aliphatic rings. The summed E-state index contributed by atoms with van der Waals surface area (Å²) in [6.07, 6.45) is 0. The second-order valence-electron chi connectivity index (χ2n) is 10.1. The van der Waals surface area contributed by atoms with Crippen molar-refractivity contribution in [1.29, 1.82) is 0 Å². The molecule has 0 saturated heterocycles. The molecule has 0 bridgehead atoms. The molecule has 37 heavy (non-hydrogen) atoms. The Morgan fingerprint density at radius 2 is 0.892 bits per heavy atom. The highest BCUT2D eigenvalue weighted by molar-refractivity contribution is 6.25. The summed E-state index contributed by atoms with van der Waals surface area (Å²) in [5, 5.41) is 7.89. The van der Waals surface area contributed by atoms with Crippen LogP contribution in [0, 0.1) is 0 Å². The largest absolute Gasteiger partial charge is 0.0622 e. The summed E-state index contributed by atoms with van der Waals surface area (Å²) < 4.78 is 0. The molecular weight excluding hydrogens is 444 g/mol. The summed E-state index contributed by atoms with van der Waals surface area (Å²) in [4.78, 5) is 0. The lowest BCUT2D eigenvalue weighted by Crippen LogP contribution is -1.98. The lowest BCUT2D eigenvalue weighted by molar-refractivity contribution is 1.02.